The fourth-order valence-electron chi connectivity index (χ4n) is 1.73. The molecule has 0 unspecified atom stereocenters. The molecule has 0 saturated heterocycles. The van der Waals surface area contributed by atoms with Crippen molar-refractivity contribution >= 4 is 5.97 Å². The first-order chi connectivity index (χ1) is 8.08. The monoisotopic (exact) mass is 238 g/mol. The second kappa shape index (κ2) is 6.13. The van der Waals surface area contributed by atoms with E-state index in [0.717, 1.165) is 22.6 Å². The molecule has 0 heterocycles. The third kappa shape index (κ3) is 3.66. The van der Waals surface area contributed by atoms with Crippen molar-refractivity contribution in [3.63, 3.8) is 0 Å². The van der Waals surface area contributed by atoms with Crippen molar-refractivity contribution in [1.82, 2.24) is 0 Å². The summed E-state index contributed by atoms with van der Waals surface area (Å²) in [6.45, 7) is 1.93. The van der Waals surface area contributed by atoms with Gasteiger partial charge in [0.15, 0.2) is 0 Å². The quantitative estimate of drug-likeness (QED) is 0.827. The Morgan fingerprint density at radius 3 is 2.18 bits per heavy atom. The van der Waals surface area contributed by atoms with Gasteiger partial charge in [0, 0.05) is 12.0 Å². The Balaban J connectivity index is 2.82. The van der Waals surface area contributed by atoms with Crippen LogP contribution in [0.5, 0.6) is 11.5 Å². The van der Waals surface area contributed by atoms with Crippen LogP contribution in [0.2, 0.25) is 0 Å². The van der Waals surface area contributed by atoms with E-state index in [1.165, 1.54) is 0 Å². The Bertz CT molecular complexity index is 373. The van der Waals surface area contributed by atoms with Gasteiger partial charge in [0.25, 0.3) is 0 Å². The Morgan fingerprint density at radius 1 is 1.24 bits per heavy atom. The van der Waals surface area contributed by atoms with E-state index >= 15 is 0 Å². The van der Waals surface area contributed by atoms with Gasteiger partial charge in [-0.3, -0.25) is 4.79 Å². The zero-order valence-electron chi connectivity index (χ0n) is 10.4. The zero-order valence-corrected chi connectivity index (χ0v) is 10.4. The SMILES string of the molecule is COc1cc(CCCC(=O)O)cc(OC)c1C. The number of carboxylic acid groups (broad SMARTS) is 1. The lowest BCUT2D eigenvalue weighted by Gasteiger charge is -2.12. The molecule has 0 spiro atoms. The van der Waals surface area contributed by atoms with Crippen LogP contribution in [0, 0.1) is 6.92 Å². The minimum Gasteiger partial charge on any atom is -0.496 e. The number of carbonyl (C=O) groups is 1. The Kier molecular flexibility index (Phi) is 4.82. The number of rotatable bonds is 6. The third-order valence-electron chi connectivity index (χ3n) is 2.67. The number of ether oxygens (including phenoxy) is 2. The average molecular weight is 238 g/mol. The summed E-state index contributed by atoms with van der Waals surface area (Å²) in [5.41, 5.74) is 1.99. The highest BCUT2D eigenvalue weighted by Gasteiger charge is 2.08. The third-order valence-corrected chi connectivity index (χ3v) is 2.67. The molecule has 94 valence electrons. The zero-order chi connectivity index (χ0) is 12.8. The van der Waals surface area contributed by atoms with E-state index in [1.54, 1.807) is 14.2 Å². The van der Waals surface area contributed by atoms with E-state index in [0.29, 0.717) is 12.8 Å². The van der Waals surface area contributed by atoms with Crippen LogP contribution >= 0.6 is 0 Å². The van der Waals surface area contributed by atoms with Gasteiger partial charge in [-0.15, -0.1) is 0 Å². The van der Waals surface area contributed by atoms with Gasteiger partial charge in [0.1, 0.15) is 11.5 Å². The van der Waals surface area contributed by atoms with E-state index < -0.39 is 5.97 Å². The van der Waals surface area contributed by atoms with Crippen LogP contribution in [-0.4, -0.2) is 25.3 Å². The van der Waals surface area contributed by atoms with Crippen molar-refractivity contribution in [3.05, 3.63) is 23.3 Å². The van der Waals surface area contributed by atoms with Crippen molar-refractivity contribution < 1.29 is 19.4 Å². The lowest BCUT2D eigenvalue weighted by Crippen LogP contribution is -1.98. The van der Waals surface area contributed by atoms with Gasteiger partial charge in [-0.1, -0.05) is 0 Å². The molecule has 0 amide bonds. The molecule has 0 aliphatic carbocycles. The molecule has 0 aliphatic heterocycles. The molecule has 4 nitrogen and oxygen atoms in total. The van der Waals surface area contributed by atoms with Gasteiger partial charge in [-0.05, 0) is 37.5 Å². The topological polar surface area (TPSA) is 55.8 Å². The van der Waals surface area contributed by atoms with E-state index in [4.69, 9.17) is 14.6 Å². The van der Waals surface area contributed by atoms with Crippen LogP contribution in [-0.2, 0) is 11.2 Å². The van der Waals surface area contributed by atoms with Gasteiger partial charge in [0.2, 0.25) is 0 Å². The lowest BCUT2D eigenvalue weighted by molar-refractivity contribution is -0.137. The highest BCUT2D eigenvalue weighted by molar-refractivity contribution is 5.66. The van der Waals surface area contributed by atoms with Crippen molar-refractivity contribution in [1.29, 1.82) is 0 Å². The van der Waals surface area contributed by atoms with Crippen LogP contribution in [0.25, 0.3) is 0 Å². The van der Waals surface area contributed by atoms with Crippen LogP contribution in [0.15, 0.2) is 12.1 Å². The number of hydrogen-bond acceptors (Lipinski definition) is 3. The summed E-state index contributed by atoms with van der Waals surface area (Å²) in [6.07, 6.45) is 1.50. The second-order valence-corrected chi connectivity index (χ2v) is 3.87. The standard InChI is InChI=1S/C13H18O4/c1-9-11(16-2)7-10(8-12(9)17-3)5-4-6-13(14)15/h7-8H,4-6H2,1-3H3,(H,14,15). The summed E-state index contributed by atoms with van der Waals surface area (Å²) in [4.78, 5) is 10.4. The fraction of sp³-hybridized carbons (Fsp3) is 0.462. The van der Waals surface area contributed by atoms with Gasteiger partial charge in [0.05, 0.1) is 14.2 Å². The second-order valence-electron chi connectivity index (χ2n) is 3.87. The molecule has 1 aromatic carbocycles. The molecule has 1 aromatic rings. The minimum atomic E-state index is -0.768. The van der Waals surface area contributed by atoms with Crippen LogP contribution in [0.4, 0.5) is 0 Å². The molecule has 0 bridgehead atoms. The molecule has 0 aliphatic rings. The number of aryl methyl sites for hydroxylation is 1. The molecule has 17 heavy (non-hydrogen) atoms. The van der Waals surface area contributed by atoms with Crippen LogP contribution in [0.1, 0.15) is 24.0 Å². The van der Waals surface area contributed by atoms with Crippen LogP contribution < -0.4 is 9.47 Å². The lowest BCUT2D eigenvalue weighted by atomic mass is 10.0. The fourth-order valence-corrected chi connectivity index (χ4v) is 1.73. The number of carboxylic acids is 1. The predicted molar refractivity (Wildman–Crippen MR) is 64.9 cm³/mol. The smallest absolute Gasteiger partial charge is 0.303 e. The molecule has 0 fully saturated rings. The van der Waals surface area contributed by atoms with Crippen molar-refractivity contribution in [2.45, 2.75) is 26.2 Å². The summed E-state index contributed by atoms with van der Waals surface area (Å²) in [6, 6.07) is 3.86. The first kappa shape index (κ1) is 13.4. The Morgan fingerprint density at radius 2 is 1.76 bits per heavy atom. The molecule has 0 radical (unpaired) electrons. The summed E-state index contributed by atoms with van der Waals surface area (Å²) < 4.78 is 10.5. The largest absolute Gasteiger partial charge is 0.496 e. The predicted octanol–water partition coefficient (Wildman–Crippen LogP) is 2.42. The van der Waals surface area contributed by atoms with E-state index in [9.17, 15) is 4.79 Å². The molecular formula is C13H18O4. The minimum absolute atomic E-state index is 0.179. The normalized spacial score (nSPS) is 10.1. The molecule has 0 atom stereocenters. The van der Waals surface area contributed by atoms with Gasteiger partial charge in [-0.25, -0.2) is 0 Å². The number of hydrogen-bond donors (Lipinski definition) is 1. The molecule has 4 heteroatoms. The molecule has 0 saturated carbocycles. The van der Waals surface area contributed by atoms with Crippen LogP contribution in [0.3, 0.4) is 0 Å². The maximum Gasteiger partial charge on any atom is 0.303 e. The Labute approximate surface area is 101 Å². The summed E-state index contributed by atoms with van der Waals surface area (Å²) in [5, 5.41) is 8.59. The van der Waals surface area contributed by atoms with Gasteiger partial charge in [-0.2, -0.15) is 0 Å². The summed E-state index contributed by atoms with van der Waals surface area (Å²) >= 11 is 0. The maximum atomic E-state index is 10.4. The highest BCUT2D eigenvalue weighted by atomic mass is 16.5. The average Bonchev–Trinajstić information content (AvgIpc) is 2.30. The van der Waals surface area contributed by atoms with Crippen molar-refractivity contribution in [2.24, 2.45) is 0 Å². The van der Waals surface area contributed by atoms with E-state index in [1.807, 2.05) is 19.1 Å². The maximum absolute atomic E-state index is 10.4. The Hall–Kier alpha value is -1.71. The summed E-state index contributed by atoms with van der Waals surface area (Å²) in [7, 11) is 3.23. The van der Waals surface area contributed by atoms with Crippen molar-refractivity contribution in [3.8, 4) is 11.5 Å². The number of benzene rings is 1. The highest BCUT2D eigenvalue weighted by Crippen LogP contribution is 2.29. The summed E-state index contributed by atoms with van der Waals surface area (Å²) in [5.74, 6) is 0.778. The first-order valence-corrected chi connectivity index (χ1v) is 5.51. The van der Waals surface area contributed by atoms with E-state index in [2.05, 4.69) is 0 Å². The number of methoxy groups -OCH3 is 2. The molecule has 1 N–H and O–H groups in total. The van der Waals surface area contributed by atoms with Gasteiger partial charge >= 0.3 is 5.97 Å². The van der Waals surface area contributed by atoms with Gasteiger partial charge < -0.3 is 14.6 Å². The molecular weight excluding hydrogens is 220 g/mol. The number of aliphatic carboxylic acids is 1. The first-order valence-electron chi connectivity index (χ1n) is 5.51. The molecule has 0 aromatic heterocycles. The van der Waals surface area contributed by atoms with Crippen molar-refractivity contribution in [2.75, 3.05) is 14.2 Å². The molecule has 1 rings (SSSR count). The van der Waals surface area contributed by atoms with E-state index in [-0.39, 0.29) is 6.42 Å².